The first-order chi connectivity index (χ1) is 14.5. The highest BCUT2D eigenvalue weighted by atomic mass is 19.1. The molecule has 1 fully saturated rings. The number of amides is 2. The fourth-order valence-electron chi connectivity index (χ4n) is 4.05. The molecule has 0 aliphatic heterocycles. The quantitative estimate of drug-likeness (QED) is 0.706. The molecule has 1 saturated carbocycles. The molecule has 1 N–H and O–H groups in total. The highest BCUT2D eigenvalue weighted by Crippen LogP contribution is 2.18. The van der Waals surface area contributed by atoms with Gasteiger partial charge >= 0.3 is 0 Å². The van der Waals surface area contributed by atoms with Gasteiger partial charge in [0, 0.05) is 12.6 Å². The van der Waals surface area contributed by atoms with Crippen LogP contribution in [0.1, 0.15) is 50.2 Å². The van der Waals surface area contributed by atoms with Crippen molar-refractivity contribution in [3.8, 4) is 0 Å². The van der Waals surface area contributed by atoms with Crippen molar-refractivity contribution in [3.05, 3.63) is 71.5 Å². The summed E-state index contributed by atoms with van der Waals surface area (Å²) in [5, 5.41) is 3.12. The molecule has 0 radical (unpaired) electrons. The van der Waals surface area contributed by atoms with Crippen LogP contribution in [-0.4, -0.2) is 35.3 Å². The zero-order chi connectivity index (χ0) is 21.3. The summed E-state index contributed by atoms with van der Waals surface area (Å²) >= 11 is 0. The van der Waals surface area contributed by atoms with E-state index >= 15 is 0 Å². The molecule has 1 aliphatic carbocycles. The highest BCUT2D eigenvalue weighted by molar-refractivity contribution is 5.88. The molecule has 0 heterocycles. The molecule has 3 rings (SSSR count). The minimum atomic E-state index is -0.602. The topological polar surface area (TPSA) is 49.4 Å². The van der Waals surface area contributed by atoms with E-state index in [-0.39, 0.29) is 24.3 Å². The highest BCUT2D eigenvalue weighted by Gasteiger charge is 2.28. The Morgan fingerprint density at radius 2 is 1.70 bits per heavy atom. The second-order valence-corrected chi connectivity index (χ2v) is 8.11. The normalized spacial score (nSPS) is 15.4. The predicted octanol–water partition coefficient (Wildman–Crippen LogP) is 4.28. The number of benzene rings is 2. The van der Waals surface area contributed by atoms with E-state index in [0.29, 0.717) is 18.5 Å². The second-order valence-electron chi connectivity index (χ2n) is 8.11. The van der Waals surface area contributed by atoms with Crippen LogP contribution in [-0.2, 0) is 22.4 Å². The monoisotopic (exact) mass is 410 g/mol. The summed E-state index contributed by atoms with van der Waals surface area (Å²) in [5.74, 6) is -0.757. The number of nitrogens with zero attached hydrogens (tertiary/aromatic N) is 1. The molecule has 1 aliphatic rings. The van der Waals surface area contributed by atoms with Crippen LogP contribution in [0.25, 0.3) is 0 Å². The molecule has 0 bridgehead atoms. The molecular weight excluding hydrogens is 379 g/mol. The lowest BCUT2D eigenvalue weighted by Crippen LogP contribution is -2.51. The van der Waals surface area contributed by atoms with E-state index in [0.717, 1.165) is 31.2 Å². The van der Waals surface area contributed by atoms with Gasteiger partial charge in [0.05, 0.1) is 6.42 Å². The van der Waals surface area contributed by atoms with Crippen LogP contribution in [0.3, 0.4) is 0 Å². The molecule has 0 spiro atoms. The van der Waals surface area contributed by atoms with Crippen molar-refractivity contribution >= 4 is 11.8 Å². The van der Waals surface area contributed by atoms with Gasteiger partial charge in [-0.2, -0.15) is 0 Å². The number of hydrogen-bond acceptors (Lipinski definition) is 2. The van der Waals surface area contributed by atoms with Gasteiger partial charge in [-0.25, -0.2) is 4.39 Å². The van der Waals surface area contributed by atoms with Crippen LogP contribution < -0.4 is 5.32 Å². The number of hydrogen-bond donors (Lipinski definition) is 1. The lowest BCUT2D eigenvalue weighted by Gasteiger charge is -2.31. The summed E-state index contributed by atoms with van der Waals surface area (Å²) in [6, 6.07) is 15.8. The van der Waals surface area contributed by atoms with E-state index in [1.54, 1.807) is 30.0 Å². The third-order valence-corrected chi connectivity index (χ3v) is 5.90. The Morgan fingerprint density at radius 1 is 1.03 bits per heavy atom. The zero-order valence-corrected chi connectivity index (χ0v) is 17.6. The van der Waals surface area contributed by atoms with Crippen molar-refractivity contribution in [2.75, 3.05) is 6.54 Å². The third-order valence-electron chi connectivity index (χ3n) is 5.90. The molecule has 1 atom stereocenters. The summed E-state index contributed by atoms with van der Waals surface area (Å²) in [6.07, 6.45) is 6.05. The summed E-state index contributed by atoms with van der Waals surface area (Å²) in [7, 11) is 0. The van der Waals surface area contributed by atoms with Crippen molar-refractivity contribution < 1.29 is 14.0 Å². The SMILES string of the molecule is C[C@@H](C(=O)NC1CCCCC1)N(CCc1ccccc1)C(=O)Cc1ccccc1F. The smallest absolute Gasteiger partial charge is 0.242 e. The average molecular weight is 411 g/mol. The van der Waals surface area contributed by atoms with Crippen molar-refractivity contribution in [1.82, 2.24) is 10.2 Å². The van der Waals surface area contributed by atoms with E-state index in [9.17, 15) is 14.0 Å². The molecule has 2 aromatic carbocycles. The third kappa shape index (κ3) is 6.15. The van der Waals surface area contributed by atoms with Crippen LogP contribution in [0.2, 0.25) is 0 Å². The van der Waals surface area contributed by atoms with Crippen LogP contribution in [0.5, 0.6) is 0 Å². The van der Waals surface area contributed by atoms with Gasteiger partial charge in [-0.15, -0.1) is 0 Å². The first-order valence-electron chi connectivity index (χ1n) is 10.9. The van der Waals surface area contributed by atoms with Gasteiger partial charge in [-0.3, -0.25) is 9.59 Å². The Labute approximate surface area is 178 Å². The maximum absolute atomic E-state index is 14.1. The maximum atomic E-state index is 14.1. The van der Waals surface area contributed by atoms with E-state index < -0.39 is 11.9 Å². The Balaban J connectivity index is 1.70. The van der Waals surface area contributed by atoms with E-state index in [2.05, 4.69) is 5.32 Å². The van der Waals surface area contributed by atoms with Crippen LogP contribution >= 0.6 is 0 Å². The van der Waals surface area contributed by atoms with E-state index in [1.807, 2.05) is 30.3 Å². The number of carbonyl (C=O) groups is 2. The van der Waals surface area contributed by atoms with Crippen LogP contribution in [0, 0.1) is 5.82 Å². The summed E-state index contributed by atoms with van der Waals surface area (Å²) in [6.45, 7) is 2.18. The van der Waals surface area contributed by atoms with Gasteiger partial charge in [0.25, 0.3) is 0 Å². The Bertz CT molecular complexity index is 834. The standard InChI is InChI=1S/C25H31FN2O2/c1-19(25(30)27-22-13-6-3-7-14-22)28(17-16-20-10-4-2-5-11-20)24(29)18-21-12-8-9-15-23(21)26/h2,4-5,8-12,15,19,22H,3,6-7,13-14,16-18H2,1H3,(H,27,30)/t19-/m0/s1. The lowest BCUT2D eigenvalue weighted by atomic mass is 9.95. The molecule has 2 aromatic rings. The van der Waals surface area contributed by atoms with E-state index in [4.69, 9.17) is 0 Å². The number of halogens is 1. The summed E-state index contributed by atoms with van der Waals surface area (Å²) in [4.78, 5) is 27.6. The van der Waals surface area contributed by atoms with Gasteiger partial charge in [0.1, 0.15) is 11.9 Å². The average Bonchev–Trinajstić information content (AvgIpc) is 2.77. The molecule has 160 valence electrons. The number of nitrogens with one attached hydrogen (secondary N) is 1. The molecule has 2 amide bonds. The Hall–Kier alpha value is -2.69. The molecule has 5 heteroatoms. The molecule has 30 heavy (non-hydrogen) atoms. The molecule has 0 unspecified atom stereocenters. The van der Waals surface area contributed by atoms with Crippen LogP contribution in [0.4, 0.5) is 4.39 Å². The Kier molecular flexibility index (Phi) is 8.00. The first-order valence-corrected chi connectivity index (χ1v) is 10.9. The number of rotatable bonds is 8. The van der Waals surface area contributed by atoms with Crippen molar-refractivity contribution in [2.45, 2.75) is 64.0 Å². The van der Waals surface area contributed by atoms with Crippen molar-refractivity contribution in [1.29, 1.82) is 0 Å². The summed E-state index contributed by atoms with van der Waals surface area (Å²) < 4.78 is 14.1. The minimum absolute atomic E-state index is 0.0531. The van der Waals surface area contributed by atoms with Crippen molar-refractivity contribution in [2.24, 2.45) is 0 Å². The first kappa shape index (κ1) is 22.0. The summed E-state index contributed by atoms with van der Waals surface area (Å²) in [5.41, 5.74) is 1.45. The number of carbonyl (C=O) groups excluding carboxylic acids is 2. The fraction of sp³-hybridized carbons (Fsp3) is 0.440. The molecule has 0 saturated heterocycles. The largest absolute Gasteiger partial charge is 0.352 e. The van der Waals surface area contributed by atoms with Crippen LogP contribution in [0.15, 0.2) is 54.6 Å². The van der Waals surface area contributed by atoms with Gasteiger partial charge < -0.3 is 10.2 Å². The van der Waals surface area contributed by atoms with Gasteiger partial charge in [-0.05, 0) is 43.4 Å². The molecular formula is C25H31FN2O2. The van der Waals surface area contributed by atoms with Gasteiger partial charge in [0.2, 0.25) is 11.8 Å². The fourth-order valence-corrected chi connectivity index (χ4v) is 4.05. The van der Waals surface area contributed by atoms with Crippen molar-refractivity contribution in [3.63, 3.8) is 0 Å². The Morgan fingerprint density at radius 3 is 2.40 bits per heavy atom. The lowest BCUT2D eigenvalue weighted by molar-refractivity contribution is -0.139. The molecule has 4 nitrogen and oxygen atoms in total. The predicted molar refractivity (Wildman–Crippen MR) is 116 cm³/mol. The maximum Gasteiger partial charge on any atom is 0.242 e. The second kappa shape index (κ2) is 10.9. The van der Waals surface area contributed by atoms with Gasteiger partial charge in [0.15, 0.2) is 0 Å². The van der Waals surface area contributed by atoms with E-state index in [1.165, 1.54) is 12.5 Å². The van der Waals surface area contributed by atoms with Gasteiger partial charge in [-0.1, -0.05) is 67.8 Å². The zero-order valence-electron chi connectivity index (χ0n) is 17.6. The molecule has 0 aromatic heterocycles. The minimum Gasteiger partial charge on any atom is -0.352 e.